The number of anilines is 5. The van der Waals surface area contributed by atoms with Crippen LogP contribution in [0.4, 0.5) is 37.5 Å². The van der Waals surface area contributed by atoms with E-state index in [0.29, 0.717) is 17.3 Å². The Morgan fingerprint density at radius 3 is 2.15 bits per heavy atom. The first-order valence-electron chi connectivity index (χ1n) is 8.75. The molecule has 140 valence electrons. The predicted octanol–water partition coefficient (Wildman–Crippen LogP) is 5.17. The van der Waals surface area contributed by atoms with Crippen LogP contribution in [0.5, 0.6) is 0 Å². The molecule has 0 radical (unpaired) electrons. The van der Waals surface area contributed by atoms with Crippen LogP contribution < -0.4 is 16.4 Å². The zero-order valence-corrected chi connectivity index (χ0v) is 15.0. The lowest BCUT2D eigenvalue weighted by Crippen LogP contribution is -2.05. The van der Waals surface area contributed by atoms with Crippen LogP contribution >= 0.6 is 0 Å². The number of aryl methyl sites for hydroxylation is 1. The molecule has 0 aliphatic rings. The van der Waals surface area contributed by atoms with Crippen LogP contribution in [0.2, 0.25) is 0 Å². The Bertz CT molecular complexity index is 913. The quantitative estimate of drug-likeness (QED) is 0.536. The van der Waals surface area contributed by atoms with Crippen molar-refractivity contribution < 1.29 is 8.78 Å². The number of benzene rings is 2. The standard InChI is InChI=1S/C20H21F2N5/c1-2-3-4-13-5-7-14(8-6-13)26-19-18(23)20(25-12-24-19)27-15-9-10-16(21)17(22)11-15/h5-12H,2-4,23H2,1H3,(H2,24,25,26,27). The van der Waals surface area contributed by atoms with Gasteiger partial charge >= 0.3 is 0 Å². The number of unbranched alkanes of at least 4 members (excludes halogenated alkanes) is 1. The Balaban J connectivity index is 1.75. The fraction of sp³-hybridized carbons (Fsp3) is 0.200. The average molecular weight is 369 g/mol. The van der Waals surface area contributed by atoms with Gasteiger partial charge < -0.3 is 16.4 Å². The molecule has 2 aromatic carbocycles. The molecule has 0 aliphatic heterocycles. The largest absolute Gasteiger partial charge is 0.393 e. The SMILES string of the molecule is CCCCc1ccc(Nc2ncnc(Nc3ccc(F)c(F)c3)c2N)cc1. The van der Waals surface area contributed by atoms with E-state index in [4.69, 9.17) is 5.73 Å². The van der Waals surface area contributed by atoms with Gasteiger partial charge in [-0.1, -0.05) is 25.5 Å². The van der Waals surface area contributed by atoms with Crippen molar-refractivity contribution in [2.75, 3.05) is 16.4 Å². The molecule has 0 saturated heterocycles. The van der Waals surface area contributed by atoms with Crippen LogP contribution in [0, 0.1) is 11.6 Å². The third kappa shape index (κ3) is 4.69. The molecule has 0 spiro atoms. The summed E-state index contributed by atoms with van der Waals surface area (Å²) >= 11 is 0. The van der Waals surface area contributed by atoms with Gasteiger partial charge in [-0.25, -0.2) is 18.7 Å². The molecule has 0 aliphatic carbocycles. The van der Waals surface area contributed by atoms with Gasteiger partial charge in [-0.2, -0.15) is 0 Å². The minimum Gasteiger partial charge on any atom is -0.393 e. The molecular weight excluding hydrogens is 348 g/mol. The van der Waals surface area contributed by atoms with E-state index in [2.05, 4.69) is 39.7 Å². The summed E-state index contributed by atoms with van der Waals surface area (Å²) in [6.07, 6.45) is 4.71. The number of hydrogen-bond acceptors (Lipinski definition) is 5. The second kappa shape index (κ2) is 8.44. The summed E-state index contributed by atoms with van der Waals surface area (Å²) in [4.78, 5) is 8.23. The van der Waals surface area contributed by atoms with Crippen LogP contribution in [0.15, 0.2) is 48.8 Å². The first-order valence-corrected chi connectivity index (χ1v) is 8.75. The summed E-state index contributed by atoms with van der Waals surface area (Å²) in [6.45, 7) is 2.17. The Kier molecular flexibility index (Phi) is 5.80. The zero-order chi connectivity index (χ0) is 19.2. The molecule has 3 rings (SSSR count). The van der Waals surface area contributed by atoms with E-state index in [-0.39, 0.29) is 5.69 Å². The van der Waals surface area contributed by atoms with Gasteiger partial charge in [0.25, 0.3) is 0 Å². The van der Waals surface area contributed by atoms with E-state index >= 15 is 0 Å². The lowest BCUT2D eigenvalue weighted by Gasteiger charge is -2.13. The number of halogens is 2. The molecular formula is C20H21F2N5. The van der Waals surface area contributed by atoms with Crippen LogP contribution in [-0.4, -0.2) is 9.97 Å². The Hall–Kier alpha value is -3.22. The van der Waals surface area contributed by atoms with E-state index in [9.17, 15) is 8.78 Å². The monoisotopic (exact) mass is 369 g/mol. The van der Waals surface area contributed by atoms with Crippen molar-refractivity contribution in [3.8, 4) is 0 Å². The molecule has 0 saturated carbocycles. The lowest BCUT2D eigenvalue weighted by molar-refractivity contribution is 0.509. The summed E-state index contributed by atoms with van der Waals surface area (Å²) in [7, 11) is 0. The average Bonchev–Trinajstić information content (AvgIpc) is 2.67. The van der Waals surface area contributed by atoms with Gasteiger partial charge in [0.1, 0.15) is 12.0 Å². The van der Waals surface area contributed by atoms with E-state index in [1.807, 2.05) is 12.1 Å². The summed E-state index contributed by atoms with van der Waals surface area (Å²) in [6, 6.07) is 11.5. The van der Waals surface area contributed by atoms with Crippen molar-refractivity contribution in [2.45, 2.75) is 26.2 Å². The third-order valence-electron chi connectivity index (χ3n) is 4.10. The molecule has 7 heteroatoms. The number of nitrogens with zero attached hydrogens (tertiary/aromatic N) is 2. The van der Waals surface area contributed by atoms with Gasteiger partial charge in [0.2, 0.25) is 0 Å². The normalized spacial score (nSPS) is 10.6. The topological polar surface area (TPSA) is 75.9 Å². The highest BCUT2D eigenvalue weighted by molar-refractivity contribution is 5.80. The summed E-state index contributed by atoms with van der Waals surface area (Å²) in [5.41, 5.74) is 8.86. The lowest BCUT2D eigenvalue weighted by atomic mass is 10.1. The van der Waals surface area contributed by atoms with E-state index in [1.54, 1.807) is 0 Å². The van der Waals surface area contributed by atoms with Gasteiger partial charge in [-0.05, 0) is 42.7 Å². The molecule has 1 heterocycles. The molecule has 27 heavy (non-hydrogen) atoms. The van der Waals surface area contributed by atoms with Crippen LogP contribution in [0.3, 0.4) is 0 Å². The number of nitrogens with one attached hydrogen (secondary N) is 2. The van der Waals surface area contributed by atoms with Crippen LogP contribution in [-0.2, 0) is 6.42 Å². The number of aromatic nitrogens is 2. The highest BCUT2D eigenvalue weighted by Crippen LogP contribution is 2.28. The number of nitrogen functional groups attached to an aromatic ring is 1. The maximum absolute atomic E-state index is 13.4. The van der Waals surface area contributed by atoms with Crippen molar-refractivity contribution in [1.82, 2.24) is 9.97 Å². The molecule has 5 nitrogen and oxygen atoms in total. The molecule has 0 amide bonds. The minimum absolute atomic E-state index is 0.275. The fourth-order valence-electron chi connectivity index (χ4n) is 2.58. The van der Waals surface area contributed by atoms with Crippen molar-refractivity contribution in [3.05, 3.63) is 66.0 Å². The molecule has 0 fully saturated rings. The summed E-state index contributed by atoms with van der Waals surface area (Å²) in [5, 5.41) is 6.03. The first kappa shape index (κ1) is 18.6. The fourth-order valence-corrected chi connectivity index (χ4v) is 2.58. The van der Waals surface area contributed by atoms with Crippen LogP contribution in [0.1, 0.15) is 25.3 Å². The number of nitrogens with two attached hydrogens (primary N) is 1. The number of rotatable bonds is 7. The van der Waals surface area contributed by atoms with Crippen LogP contribution in [0.25, 0.3) is 0 Å². The van der Waals surface area contributed by atoms with E-state index in [1.165, 1.54) is 18.0 Å². The highest BCUT2D eigenvalue weighted by atomic mass is 19.2. The molecule has 0 bridgehead atoms. The van der Waals surface area contributed by atoms with Gasteiger partial charge in [0.15, 0.2) is 23.3 Å². The van der Waals surface area contributed by atoms with E-state index in [0.717, 1.165) is 37.1 Å². The Labute approximate surface area is 156 Å². The molecule has 4 N–H and O–H groups in total. The van der Waals surface area contributed by atoms with Gasteiger partial charge in [-0.15, -0.1) is 0 Å². The van der Waals surface area contributed by atoms with Gasteiger partial charge in [0.05, 0.1) is 0 Å². The number of hydrogen-bond donors (Lipinski definition) is 3. The Morgan fingerprint density at radius 1 is 0.889 bits per heavy atom. The van der Waals surface area contributed by atoms with Crippen molar-refractivity contribution in [2.24, 2.45) is 0 Å². The first-order chi connectivity index (χ1) is 13.1. The van der Waals surface area contributed by atoms with Crippen molar-refractivity contribution >= 4 is 28.7 Å². The van der Waals surface area contributed by atoms with Crippen molar-refractivity contribution in [1.29, 1.82) is 0 Å². The van der Waals surface area contributed by atoms with Gasteiger partial charge in [0, 0.05) is 17.4 Å². The molecule has 0 atom stereocenters. The second-order valence-electron chi connectivity index (χ2n) is 6.16. The summed E-state index contributed by atoms with van der Waals surface area (Å²) < 4.78 is 26.4. The smallest absolute Gasteiger partial charge is 0.160 e. The maximum atomic E-state index is 13.4. The minimum atomic E-state index is -0.950. The third-order valence-corrected chi connectivity index (χ3v) is 4.10. The van der Waals surface area contributed by atoms with Gasteiger partial charge in [-0.3, -0.25) is 0 Å². The molecule has 1 aromatic heterocycles. The maximum Gasteiger partial charge on any atom is 0.160 e. The Morgan fingerprint density at radius 2 is 1.52 bits per heavy atom. The van der Waals surface area contributed by atoms with E-state index < -0.39 is 11.6 Å². The molecule has 0 unspecified atom stereocenters. The molecule has 3 aromatic rings. The second-order valence-corrected chi connectivity index (χ2v) is 6.16. The zero-order valence-electron chi connectivity index (χ0n) is 15.0. The predicted molar refractivity (Wildman–Crippen MR) is 104 cm³/mol. The van der Waals surface area contributed by atoms with Crippen molar-refractivity contribution in [3.63, 3.8) is 0 Å². The highest BCUT2D eigenvalue weighted by Gasteiger charge is 2.10. The summed E-state index contributed by atoms with van der Waals surface area (Å²) in [5.74, 6) is -1.13.